The normalized spacial score (nSPS) is 13.1. The topological polar surface area (TPSA) is 65.0 Å². The van der Waals surface area contributed by atoms with Crippen LogP contribution >= 0.6 is 11.3 Å². The van der Waals surface area contributed by atoms with Crippen LogP contribution in [0.15, 0.2) is 197 Å². The maximum Gasteiger partial charge on any atom is 0.164 e. The molecule has 0 fully saturated rings. The van der Waals surface area contributed by atoms with E-state index in [0.717, 1.165) is 84.5 Å². The average molecular weight is 826 g/mol. The molecule has 13 rings (SSSR count). The minimum Gasteiger partial charge on any atom is -0.456 e. The molecule has 0 bridgehead atoms. The lowest BCUT2D eigenvalue weighted by atomic mass is 9.89. The molecule has 8 aromatic carbocycles. The monoisotopic (exact) mass is 825 g/mol. The van der Waals surface area contributed by atoms with Crippen LogP contribution in [0.3, 0.4) is 0 Å². The van der Waals surface area contributed by atoms with Crippen molar-refractivity contribution >= 4 is 86.5 Å². The Balaban J connectivity index is 0.947. The molecule has 0 aliphatic heterocycles. The molecule has 0 spiro atoms. The molecular formula is C57H35N3O2S. The summed E-state index contributed by atoms with van der Waals surface area (Å²) < 4.78 is 15.4. The summed E-state index contributed by atoms with van der Waals surface area (Å²) in [7, 11) is 0. The molecule has 63 heavy (non-hydrogen) atoms. The summed E-state index contributed by atoms with van der Waals surface area (Å²) >= 11 is 1.81. The second kappa shape index (κ2) is 14.3. The first kappa shape index (κ1) is 35.8. The van der Waals surface area contributed by atoms with Gasteiger partial charge in [-0.1, -0.05) is 121 Å². The zero-order valence-electron chi connectivity index (χ0n) is 33.9. The summed E-state index contributed by atoms with van der Waals surface area (Å²) in [6, 6.07) is 61.6. The third-order valence-electron chi connectivity index (χ3n) is 12.5. The summed E-state index contributed by atoms with van der Waals surface area (Å²) in [5.41, 5.74) is 13.3. The van der Waals surface area contributed by atoms with Gasteiger partial charge in [-0.15, -0.1) is 11.3 Å². The number of hydrogen-bond acceptors (Lipinski definition) is 6. The fourth-order valence-corrected chi connectivity index (χ4v) is 10.4. The molecule has 4 heterocycles. The maximum atomic E-state index is 6.64. The van der Waals surface area contributed by atoms with Crippen LogP contribution < -0.4 is 0 Å². The number of thiophene rings is 1. The third-order valence-corrected chi connectivity index (χ3v) is 13.7. The van der Waals surface area contributed by atoms with Crippen molar-refractivity contribution in [3.63, 3.8) is 0 Å². The van der Waals surface area contributed by atoms with E-state index in [4.69, 9.17) is 23.8 Å². The first-order valence-electron chi connectivity index (χ1n) is 21.3. The van der Waals surface area contributed by atoms with E-state index in [1.165, 1.54) is 42.4 Å². The predicted octanol–water partition coefficient (Wildman–Crippen LogP) is 16.0. The summed E-state index contributed by atoms with van der Waals surface area (Å²) in [6.07, 6.45) is 6.48. The zero-order chi connectivity index (χ0) is 41.4. The molecule has 0 saturated heterocycles. The molecule has 0 unspecified atom stereocenters. The van der Waals surface area contributed by atoms with Crippen LogP contribution in [-0.2, 0) is 0 Å². The summed E-state index contributed by atoms with van der Waals surface area (Å²) in [6.45, 7) is 0. The first-order chi connectivity index (χ1) is 31.2. The SMILES string of the molecule is C1=C(c2ccccc2)CCC(c2cccc(-c3nc(-c4ccc5sc6ccccc6c5c4)nc(-c4cccc5oc6cc(-c7ccc8c(c7)oc7ccccc78)ccc6c45)n3)c2)=C1. The second-order valence-electron chi connectivity index (χ2n) is 16.2. The first-order valence-corrected chi connectivity index (χ1v) is 22.1. The number of aromatic nitrogens is 3. The van der Waals surface area contributed by atoms with Crippen molar-refractivity contribution in [1.29, 1.82) is 0 Å². The highest BCUT2D eigenvalue weighted by Crippen LogP contribution is 2.41. The number of nitrogens with zero attached hydrogens (tertiary/aromatic N) is 3. The quantitative estimate of drug-likeness (QED) is 0.167. The molecule has 0 amide bonds. The van der Waals surface area contributed by atoms with Crippen molar-refractivity contribution < 1.29 is 8.83 Å². The van der Waals surface area contributed by atoms with E-state index in [2.05, 4.69) is 158 Å². The molecular weight excluding hydrogens is 791 g/mol. The molecule has 296 valence electrons. The molecule has 4 aromatic heterocycles. The van der Waals surface area contributed by atoms with E-state index in [9.17, 15) is 0 Å². The van der Waals surface area contributed by atoms with Gasteiger partial charge in [0.15, 0.2) is 17.5 Å². The van der Waals surface area contributed by atoms with Crippen LogP contribution in [0, 0.1) is 0 Å². The Morgan fingerprint density at radius 1 is 0.349 bits per heavy atom. The Hall–Kier alpha value is -7.93. The van der Waals surface area contributed by atoms with E-state index in [1.54, 1.807) is 11.3 Å². The fraction of sp³-hybridized carbons (Fsp3) is 0.0351. The van der Waals surface area contributed by atoms with Crippen LogP contribution in [0.1, 0.15) is 24.0 Å². The van der Waals surface area contributed by atoms with Gasteiger partial charge in [0.1, 0.15) is 22.3 Å². The molecule has 0 saturated carbocycles. The van der Waals surface area contributed by atoms with E-state index < -0.39 is 0 Å². The highest BCUT2D eigenvalue weighted by molar-refractivity contribution is 7.25. The Bertz CT molecular complexity index is 3870. The lowest BCUT2D eigenvalue weighted by Crippen LogP contribution is -2.01. The maximum absolute atomic E-state index is 6.64. The molecule has 0 N–H and O–H groups in total. The third kappa shape index (κ3) is 6.10. The van der Waals surface area contributed by atoms with Crippen molar-refractivity contribution in [2.75, 3.05) is 0 Å². The Labute approximate surface area is 365 Å². The largest absolute Gasteiger partial charge is 0.456 e. The van der Waals surface area contributed by atoms with Crippen molar-refractivity contribution in [3.8, 4) is 45.3 Å². The summed E-state index contributed by atoms with van der Waals surface area (Å²) in [5, 5.41) is 6.63. The number of hydrogen-bond donors (Lipinski definition) is 0. The number of furan rings is 2. The molecule has 0 atom stereocenters. The highest BCUT2D eigenvalue weighted by Gasteiger charge is 2.20. The van der Waals surface area contributed by atoms with Gasteiger partial charge in [0.2, 0.25) is 0 Å². The van der Waals surface area contributed by atoms with E-state index >= 15 is 0 Å². The Morgan fingerprint density at radius 3 is 1.75 bits per heavy atom. The van der Waals surface area contributed by atoms with Crippen LogP contribution in [0.2, 0.25) is 0 Å². The van der Waals surface area contributed by atoms with Gasteiger partial charge in [-0.2, -0.15) is 0 Å². The van der Waals surface area contributed by atoms with Gasteiger partial charge >= 0.3 is 0 Å². The van der Waals surface area contributed by atoms with E-state index in [0.29, 0.717) is 17.5 Å². The number of fused-ring (bicyclic) bond motifs is 9. The molecule has 1 aliphatic rings. The van der Waals surface area contributed by atoms with Gasteiger partial charge in [0, 0.05) is 58.4 Å². The van der Waals surface area contributed by atoms with Crippen molar-refractivity contribution in [3.05, 3.63) is 199 Å². The standard InChI is InChI=1S/C57H35N3O2S/c1-2-10-34(11-3-1)35-20-22-36(23-21-35)37-12-8-13-40(30-37)55-58-56(41-26-29-53-47(31-41)44-15-5-7-19-52(44)63-53)60-57(59-55)46-16-9-18-49-54(46)45-28-25-39(33-51(45)62-49)38-24-27-43-42-14-4-6-17-48(42)61-50(43)32-38/h1-20,22,24-33H,21,23H2. The summed E-state index contributed by atoms with van der Waals surface area (Å²) in [4.78, 5) is 15.8. The van der Waals surface area contributed by atoms with Gasteiger partial charge in [-0.3, -0.25) is 0 Å². The van der Waals surface area contributed by atoms with Gasteiger partial charge in [0.05, 0.1) is 0 Å². The second-order valence-corrected chi connectivity index (χ2v) is 17.3. The lowest BCUT2D eigenvalue weighted by molar-refractivity contribution is 0.668. The summed E-state index contributed by atoms with van der Waals surface area (Å²) in [5.74, 6) is 1.84. The van der Waals surface area contributed by atoms with Gasteiger partial charge in [-0.25, -0.2) is 15.0 Å². The molecule has 5 nitrogen and oxygen atoms in total. The minimum atomic E-state index is 0.593. The van der Waals surface area contributed by atoms with Crippen LogP contribution in [0.4, 0.5) is 0 Å². The fourth-order valence-electron chi connectivity index (χ4n) is 9.35. The number of para-hydroxylation sites is 1. The minimum absolute atomic E-state index is 0.593. The number of rotatable bonds is 6. The van der Waals surface area contributed by atoms with Crippen molar-refractivity contribution in [2.24, 2.45) is 0 Å². The van der Waals surface area contributed by atoms with Crippen LogP contribution in [-0.4, -0.2) is 15.0 Å². The molecule has 12 aromatic rings. The van der Waals surface area contributed by atoms with Crippen LogP contribution in [0.25, 0.3) is 120 Å². The van der Waals surface area contributed by atoms with Gasteiger partial charge < -0.3 is 8.83 Å². The smallest absolute Gasteiger partial charge is 0.164 e. The molecule has 0 radical (unpaired) electrons. The number of allylic oxidation sites excluding steroid dienone is 4. The van der Waals surface area contributed by atoms with Gasteiger partial charge in [-0.05, 0) is 113 Å². The van der Waals surface area contributed by atoms with Crippen LogP contribution in [0.5, 0.6) is 0 Å². The van der Waals surface area contributed by atoms with E-state index in [-0.39, 0.29) is 0 Å². The van der Waals surface area contributed by atoms with Crippen molar-refractivity contribution in [2.45, 2.75) is 12.8 Å². The zero-order valence-corrected chi connectivity index (χ0v) is 34.7. The highest BCUT2D eigenvalue weighted by atomic mass is 32.1. The molecule has 1 aliphatic carbocycles. The predicted molar refractivity (Wildman–Crippen MR) is 261 cm³/mol. The van der Waals surface area contributed by atoms with Gasteiger partial charge in [0.25, 0.3) is 0 Å². The Kier molecular flexibility index (Phi) is 8.14. The van der Waals surface area contributed by atoms with Crippen molar-refractivity contribution in [1.82, 2.24) is 15.0 Å². The van der Waals surface area contributed by atoms with E-state index in [1.807, 2.05) is 30.3 Å². The Morgan fingerprint density at radius 2 is 0.921 bits per heavy atom. The number of benzene rings is 8. The average Bonchev–Trinajstić information content (AvgIpc) is 4.05. The molecule has 6 heteroatoms. The lowest BCUT2D eigenvalue weighted by Gasteiger charge is -2.16.